The largest absolute Gasteiger partial charge is 0.355 e. The van der Waals surface area contributed by atoms with Gasteiger partial charge in [-0.15, -0.1) is 11.3 Å². The predicted molar refractivity (Wildman–Crippen MR) is 108 cm³/mol. The highest BCUT2D eigenvalue weighted by molar-refractivity contribution is 7.19. The maximum atomic E-state index is 11.8. The minimum absolute atomic E-state index is 0.0491. The van der Waals surface area contributed by atoms with Gasteiger partial charge in [-0.1, -0.05) is 12.1 Å². The molecule has 1 saturated carbocycles. The van der Waals surface area contributed by atoms with Crippen molar-refractivity contribution in [2.45, 2.75) is 44.7 Å². The van der Waals surface area contributed by atoms with Crippen LogP contribution in [0.1, 0.15) is 45.6 Å². The highest BCUT2D eigenvalue weighted by Gasteiger charge is 2.33. The quantitative estimate of drug-likeness (QED) is 0.735. The molecule has 138 valence electrons. The van der Waals surface area contributed by atoms with E-state index in [0.29, 0.717) is 11.6 Å². The van der Waals surface area contributed by atoms with Crippen molar-refractivity contribution in [1.82, 2.24) is 15.3 Å². The van der Waals surface area contributed by atoms with Crippen LogP contribution in [0.5, 0.6) is 0 Å². The van der Waals surface area contributed by atoms with E-state index in [2.05, 4.69) is 27.3 Å². The number of fused-ring (bicyclic) bond motifs is 3. The molecule has 2 aromatic heterocycles. The van der Waals surface area contributed by atoms with Crippen LogP contribution in [0.3, 0.4) is 0 Å². The Labute approximate surface area is 162 Å². The van der Waals surface area contributed by atoms with E-state index in [4.69, 9.17) is 4.98 Å². The highest BCUT2D eigenvalue weighted by Crippen LogP contribution is 2.42. The van der Waals surface area contributed by atoms with E-state index in [1.54, 1.807) is 13.4 Å². The van der Waals surface area contributed by atoms with Crippen molar-refractivity contribution in [3.63, 3.8) is 0 Å². The number of hydrogen-bond acceptors (Lipinski definition) is 5. The zero-order valence-corrected chi connectivity index (χ0v) is 16.2. The molecule has 6 heteroatoms. The Hall–Kier alpha value is -2.47. The Bertz CT molecular complexity index is 1010. The number of aromatic nitrogens is 2. The maximum absolute atomic E-state index is 11.8. The lowest BCUT2D eigenvalue weighted by Crippen LogP contribution is -2.26. The smallest absolute Gasteiger partial charge is 0.251 e. The summed E-state index contributed by atoms with van der Waals surface area (Å²) in [5.41, 5.74) is 3.37. The van der Waals surface area contributed by atoms with Gasteiger partial charge in [0.2, 0.25) is 0 Å². The Kier molecular flexibility index (Phi) is 4.08. The van der Waals surface area contributed by atoms with Gasteiger partial charge in [-0.05, 0) is 55.4 Å². The van der Waals surface area contributed by atoms with Gasteiger partial charge in [0.25, 0.3) is 5.91 Å². The summed E-state index contributed by atoms with van der Waals surface area (Å²) in [6.45, 7) is 0.815. The number of carbonyl (C=O) groups is 1. The number of thiophene rings is 1. The van der Waals surface area contributed by atoms with Crippen molar-refractivity contribution in [1.29, 1.82) is 0 Å². The zero-order valence-electron chi connectivity index (χ0n) is 15.4. The average Bonchev–Trinajstić information content (AvgIpc) is 3.33. The number of anilines is 1. The maximum Gasteiger partial charge on any atom is 0.251 e. The number of nitrogens with one attached hydrogen (secondary N) is 1. The third-order valence-corrected chi connectivity index (χ3v) is 6.74. The number of hydrogen-bond donors (Lipinski definition) is 1. The van der Waals surface area contributed by atoms with Crippen LogP contribution in [0.4, 0.5) is 5.82 Å². The molecule has 0 atom stereocenters. The summed E-state index contributed by atoms with van der Waals surface area (Å²) in [7, 11) is 1.66. The summed E-state index contributed by atoms with van der Waals surface area (Å²) in [5, 5.41) is 3.95. The summed E-state index contributed by atoms with van der Waals surface area (Å²) in [5.74, 6) is 1.05. The summed E-state index contributed by atoms with van der Waals surface area (Å²) in [4.78, 5) is 26.1. The lowest BCUT2D eigenvalue weighted by Gasteiger charge is -2.24. The minimum atomic E-state index is -0.0491. The van der Waals surface area contributed by atoms with Gasteiger partial charge >= 0.3 is 0 Å². The molecule has 1 aromatic carbocycles. The van der Waals surface area contributed by atoms with Crippen LogP contribution < -0.4 is 10.2 Å². The number of benzene rings is 1. The lowest BCUT2D eigenvalue weighted by atomic mass is 10.1. The SMILES string of the molecule is CNC(=O)c1ccc(CN(c2ncnc3sc4c(c23)CCC4)C2CC2)cc1. The molecule has 0 aliphatic heterocycles. The highest BCUT2D eigenvalue weighted by atomic mass is 32.1. The van der Waals surface area contributed by atoms with Gasteiger partial charge in [-0.2, -0.15) is 0 Å². The van der Waals surface area contributed by atoms with Crippen LogP contribution in [0, 0.1) is 0 Å². The van der Waals surface area contributed by atoms with Gasteiger partial charge in [-0.25, -0.2) is 9.97 Å². The molecule has 2 heterocycles. The summed E-state index contributed by atoms with van der Waals surface area (Å²) in [6.07, 6.45) is 7.72. The first-order chi connectivity index (χ1) is 13.2. The number of carbonyl (C=O) groups excluding carboxylic acids is 1. The third-order valence-electron chi connectivity index (χ3n) is 5.54. The van der Waals surface area contributed by atoms with Crippen molar-refractivity contribution in [3.05, 3.63) is 52.2 Å². The molecule has 0 bridgehead atoms. The predicted octanol–water partition coefficient (Wildman–Crippen LogP) is 3.71. The molecule has 0 spiro atoms. The van der Waals surface area contributed by atoms with Gasteiger partial charge in [0.1, 0.15) is 17.0 Å². The van der Waals surface area contributed by atoms with Gasteiger partial charge in [0.05, 0.1) is 5.39 Å². The van der Waals surface area contributed by atoms with Gasteiger partial charge in [0, 0.05) is 30.1 Å². The standard InChI is InChI=1S/C21H22N4OS/c1-22-20(26)14-7-5-13(6-8-14)11-25(15-9-10-15)19-18-16-3-2-4-17(16)27-21(18)24-12-23-19/h5-8,12,15H,2-4,9-11H2,1H3,(H,22,26). The molecule has 0 radical (unpaired) electrons. The van der Waals surface area contributed by atoms with Crippen molar-refractivity contribution >= 4 is 33.3 Å². The molecule has 1 fully saturated rings. The monoisotopic (exact) mass is 378 g/mol. The van der Waals surface area contributed by atoms with Crippen molar-refractivity contribution in [2.24, 2.45) is 0 Å². The molecule has 2 aliphatic carbocycles. The molecular formula is C21H22N4OS. The van der Waals surface area contributed by atoms with E-state index in [0.717, 1.165) is 23.6 Å². The molecule has 27 heavy (non-hydrogen) atoms. The van der Waals surface area contributed by atoms with Crippen molar-refractivity contribution in [2.75, 3.05) is 11.9 Å². The van der Waals surface area contributed by atoms with E-state index < -0.39 is 0 Å². The van der Waals surface area contributed by atoms with Crippen molar-refractivity contribution in [3.8, 4) is 0 Å². The Morgan fingerprint density at radius 3 is 2.78 bits per heavy atom. The van der Waals surface area contributed by atoms with Crippen LogP contribution in [-0.2, 0) is 19.4 Å². The van der Waals surface area contributed by atoms with E-state index in [1.165, 1.54) is 47.1 Å². The van der Waals surface area contributed by atoms with Crippen LogP contribution >= 0.6 is 11.3 Å². The van der Waals surface area contributed by atoms with Gasteiger partial charge < -0.3 is 10.2 Å². The third kappa shape index (κ3) is 2.98. The molecular weight excluding hydrogens is 356 g/mol. The fraction of sp³-hybridized carbons (Fsp3) is 0.381. The number of amides is 1. The molecule has 5 nitrogen and oxygen atoms in total. The van der Waals surface area contributed by atoms with Crippen LogP contribution in [0.25, 0.3) is 10.2 Å². The van der Waals surface area contributed by atoms with Crippen LogP contribution in [-0.4, -0.2) is 29.0 Å². The van der Waals surface area contributed by atoms with Crippen LogP contribution in [0.2, 0.25) is 0 Å². The molecule has 5 rings (SSSR count). The lowest BCUT2D eigenvalue weighted by molar-refractivity contribution is 0.0963. The Balaban J connectivity index is 1.50. The second-order valence-electron chi connectivity index (χ2n) is 7.37. The van der Waals surface area contributed by atoms with E-state index in [1.807, 2.05) is 23.5 Å². The molecule has 3 aromatic rings. The fourth-order valence-electron chi connectivity index (χ4n) is 4.00. The molecule has 0 saturated heterocycles. The van der Waals surface area contributed by atoms with Crippen LogP contribution in [0.15, 0.2) is 30.6 Å². The number of rotatable bonds is 5. The second kappa shape index (κ2) is 6.60. The van der Waals surface area contributed by atoms with Gasteiger partial charge in [-0.3, -0.25) is 4.79 Å². The second-order valence-corrected chi connectivity index (χ2v) is 8.45. The first-order valence-electron chi connectivity index (χ1n) is 9.57. The summed E-state index contributed by atoms with van der Waals surface area (Å²) in [6, 6.07) is 8.46. The zero-order chi connectivity index (χ0) is 18.4. The average molecular weight is 379 g/mol. The molecule has 2 aliphatic rings. The van der Waals surface area contributed by atoms with Crippen molar-refractivity contribution < 1.29 is 4.79 Å². The summed E-state index contributed by atoms with van der Waals surface area (Å²) >= 11 is 1.84. The Morgan fingerprint density at radius 2 is 2.04 bits per heavy atom. The first kappa shape index (κ1) is 16.7. The van der Waals surface area contributed by atoms with E-state index in [9.17, 15) is 4.79 Å². The summed E-state index contributed by atoms with van der Waals surface area (Å²) < 4.78 is 0. The molecule has 1 N–H and O–H groups in total. The normalized spacial score (nSPS) is 15.7. The van der Waals surface area contributed by atoms with E-state index >= 15 is 0 Å². The fourth-order valence-corrected chi connectivity index (χ4v) is 5.22. The minimum Gasteiger partial charge on any atom is -0.355 e. The number of nitrogens with zero attached hydrogens (tertiary/aromatic N) is 3. The topological polar surface area (TPSA) is 58.1 Å². The number of aryl methyl sites for hydroxylation is 2. The van der Waals surface area contributed by atoms with Gasteiger partial charge in [0.15, 0.2) is 0 Å². The molecule has 1 amide bonds. The van der Waals surface area contributed by atoms with E-state index in [-0.39, 0.29) is 5.91 Å². The Morgan fingerprint density at radius 1 is 1.22 bits per heavy atom. The molecule has 0 unspecified atom stereocenters. The first-order valence-corrected chi connectivity index (χ1v) is 10.4.